The molecule has 1 aromatic carbocycles. The summed E-state index contributed by atoms with van der Waals surface area (Å²) in [6, 6.07) is 5.71. The van der Waals surface area contributed by atoms with Crippen molar-refractivity contribution in [2.24, 2.45) is 0 Å². The highest BCUT2D eigenvalue weighted by Gasteiger charge is 2.16. The van der Waals surface area contributed by atoms with Gasteiger partial charge in [0.05, 0.1) is 24.7 Å². The first-order valence-corrected chi connectivity index (χ1v) is 7.79. The largest absolute Gasteiger partial charge is 0.378 e. The van der Waals surface area contributed by atoms with Crippen LogP contribution in [0.2, 0.25) is 0 Å². The van der Waals surface area contributed by atoms with Crippen molar-refractivity contribution in [1.29, 1.82) is 0 Å². The molecular formula is C14H17FN2O3S. The molecule has 1 aliphatic rings. The number of ether oxygens (including phenoxy) is 1. The Labute approximate surface area is 126 Å². The number of anilines is 1. The second kappa shape index (κ2) is 7.99. The highest BCUT2D eigenvalue weighted by atomic mass is 32.2. The van der Waals surface area contributed by atoms with E-state index in [-0.39, 0.29) is 23.3 Å². The van der Waals surface area contributed by atoms with E-state index < -0.39 is 5.82 Å². The number of carbonyl (C=O) groups excluding carboxylic acids is 2. The first-order valence-electron chi connectivity index (χ1n) is 6.64. The van der Waals surface area contributed by atoms with Crippen LogP contribution in [-0.4, -0.2) is 54.5 Å². The maximum atomic E-state index is 13.0. The van der Waals surface area contributed by atoms with Gasteiger partial charge >= 0.3 is 0 Å². The van der Waals surface area contributed by atoms with E-state index in [0.717, 1.165) is 0 Å². The number of thioether (sulfide) groups is 1. The smallest absolute Gasteiger partial charge is 0.234 e. The van der Waals surface area contributed by atoms with Crippen LogP contribution >= 0.6 is 11.8 Å². The Bertz CT molecular complexity index is 507. The third-order valence-corrected chi connectivity index (χ3v) is 3.85. The minimum absolute atomic E-state index is 0.0156. The summed E-state index contributed by atoms with van der Waals surface area (Å²) < 4.78 is 18.1. The van der Waals surface area contributed by atoms with Crippen molar-refractivity contribution in [3.05, 3.63) is 30.1 Å². The van der Waals surface area contributed by atoms with Gasteiger partial charge in [-0.15, -0.1) is 11.8 Å². The summed E-state index contributed by atoms with van der Waals surface area (Å²) in [5.41, 5.74) is 0.417. The van der Waals surface area contributed by atoms with E-state index in [1.165, 1.54) is 30.0 Å². The molecule has 1 heterocycles. The molecule has 2 rings (SSSR count). The van der Waals surface area contributed by atoms with Crippen LogP contribution in [0.1, 0.15) is 0 Å². The molecule has 0 bridgehead atoms. The van der Waals surface area contributed by atoms with Gasteiger partial charge < -0.3 is 15.0 Å². The lowest BCUT2D eigenvalue weighted by molar-refractivity contribution is -0.132. The fourth-order valence-electron chi connectivity index (χ4n) is 1.90. The lowest BCUT2D eigenvalue weighted by Gasteiger charge is -2.26. The van der Waals surface area contributed by atoms with Gasteiger partial charge in [-0.25, -0.2) is 4.39 Å². The van der Waals surface area contributed by atoms with Crippen molar-refractivity contribution < 1.29 is 18.7 Å². The summed E-state index contributed by atoms with van der Waals surface area (Å²) in [4.78, 5) is 25.3. The molecular weight excluding hydrogens is 295 g/mol. The molecule has 21 heavy (non-hydrogen) atoms. The number of nitrogens with zero attached hydrogens (tertiary/aromatic N) is 1. The number of halogens is 1. The number of benzene rings is 1. The zero-order chi connectivity index (χ0) is 15.1. The average molecular weight is 312 g/mol. The number of morpholine rings is 1. The van der Waals surface area contributed by atoms with E-state index in [1.54, 1.807) is 11.0 Å². The number of hydrogen-bond donors (Lipinski definition) is 1. The van der Waals surface area contributed by atoms with Gasteiger partial charge in [0.15, 0.2) is 0 Å². The second-order valence-corrected chi connectivity index (χ2v) is 5.53. The predicted octanol–water partition coefficient (Wildman–Crippen LogP) is 1.36. The fourth-order valence-corrected chi connectivity index (χ4v) is 2.62. The highest BCUT2D eigenvalue weighted by molar-refractivity contribution is 8.00. The van der Waals surface area contributed by atoms with Crippen LogP contribution in [0.5, 0.6) is 0 Å². The molecule has 114 valence electrons. The average Bonchev–Trinajstić information content (AvgIpc) is 2.48. The summed E-state index contributed by atoms with van der Waals surface area (Å²) in [6.07, 6.45) is 0. The van der Waals surface area contributed by atoms with E-state index in [0.29, 0.717) is 32.0 Å². The Balaban J connectivity index is 1.68. The number of hydrogen-bond acceptors (Lipinski definition) is 4. The van der Waals surface area contributed by atoms with Crippen LogP contribution in [-0.2, 0) is 14.3 Å². The summed E-state index contributed by atoms with van der Waals surface area (Å²) in [7, 11) is 0. The Morgan fingerprint density at radius 2 is 2.05 bits per heavy atom. The van der Waals surface area contributed by atoms with E-state index in [2.05, 4.69) is 5.32 Å². The monoisotopic (exact) mass is 312 g/mol. The summed E-state index contributed by atoms with van der Waals surface area (Å²) in [5.74, 6) is -0.214. The lowest BCUT2D eigenvalue weighted by Crippen LogP contribution is -2.41. The first-order chi connectivity index (χ1) is 10.1. The molecule has 1 aromatic rings. The molecule has 0 atom stereocenters. The summed E-state index contributed by atoms with van der Waals surface area (Å²) >= 11 is 1.25. The summed E-state index contributed by atoms with van der Waals surface area (Å²) in [5, 5.41) is 2.59. The van der Waals surface area contributed by atoms with E-state index in [4.69, 9.17) is 4.74 Å². The quantitative estimate of drug-likeness (QED) is 0.892. The molecule has 7 heteroatoms. The molecule has 0 aliphatic carbocycles. The SMILES string of the molecule is O=C(CSCC(=O)N1CCOCC1)Nc1cccc(F)c1. The van der Waals surface area contributed by atoms with E-state index in [9.17, 15) is 14.0 Å². The minimum Gasteiger partial charge on any atom is -0.378 e. The molecule has 0 unspecified atom stereocenters. The maximum absolute atomic E-state index is 13.0. The van der Waals surface area contributed by atoms with Crippen LogP contribution in [0, 0.1) is 5.82 Å². The molecule has 1 fully saturated rings. The van der Waals surface area contributed by atoms with Crippen LogP contribution in [0.15, 0.2) is 24.3 Å². The van der Waals surface area contributed by atoms with Crippen molar-refractivity contribution in [3.63, 3.8) is 0 Å². The molecule has 0 saturated carbocycles. The van der Waals surface area contributed by atoms with Crippen LogP contribution in [0.3, 0.4) is 0 Å². The van der Waals surface area contributed by atoms with E-state index in [1.807, 2.05) is 0 Å². The van der Waals surface area contributed by atoms with Crippen molar-refractivity contribution in [2.75, 3.05) is 43.1 Å². The van der Waals surface area contributed by atoms with Crippen molar-refractivity contribution in [1.82, 2.24) is 4.90 Å². The standard InChI is InChI=1S/C14H17FN2O3S/c15-11-2-1-3-12(8-11)16-13(18)9-21-10-14(19)17-4-6-20-7-5-17/h1-3,8H,4-7,9-10H2,(H,16,18). The molecule has 0 spiro atoms. The third kappa shape index (κ3) is 5.35. The van der Waals surface area contributed by atoms with Gasteiger partial charge in [0.25, 0.3) is 0 Å². The zero-order valence-corrected chi connectivity index (χ0v) is 12.3. The fraction of sp³-hybridized carbons (Fsp3) is 0.429. The van der Waals surface area contributed by atoms with Gasteiger partial charge in [-0.3, -0.25) is 9.59 Å². The normalized spacial score (nSPS) is 14.8. The topological polar surface area (TPSA) is 58.6 Å². The van der Waals surface area contributed by atoms with Gasteiger partial charge in [-0.05, 0) is 18.2 Å². The number of carbonyl (C=O) groups is 2. The van der Waals surface area contributed by atoms with Gasteiger partial charge in [-0.2, -0.15) is 0 Å². The van der Waals surface area contributed by atoms with E-state index >= 15 is 0 Å². The zero-order valence-electron chi connectivity index (χ0n) is 11.5. The van der Waals surface area contributed by atoms with Crippen molar-refractivity contribution in [2.45, 2.75) is 0 Å². The predicted molar refractivity (Wildman–Crippen MR) is 79.8 cm³/mol. The van der Waals surface area contributed by atoms with Gasteiger partial charge in [0.2, 0.25) is 11.8 Å². The van der Waals surface area contributed by atoms with Crippen molar-refractivity contribution >= 4 is 29.3 Å². The van der Waals surface area contributed by atoms with Crippen molar-refractivity contribution in [3.8, 4) is 0 Å². The Kier molecular flexibility index (Phi) is 6.01. The maximum Gasteiger partial charge on any atom is 0.234 e. The molecule has 0 radical (unpaired) electrons. The van der Waals surface area contributed by atoms with Gasteiger partial charge in [0.1, 0.15) is 5.82 Å². The first kappa shape index (κ1) is 15.8. The summed E-state index contributed by atoms with van der Waals surface area (Å²) in [6.45, 7) is 2.34. The highest BCUT2D eigenvalue weighted by Crippen LogP contribution is 2.11. The third-order valence-electron chi connectivity index (χ3n) is 2.93. The van der Waals surface area contributed by atoms with Gasteiger partial charge in [0, 0.05) is 18.8 Å². The molecule has 1 N–H and O–H groups in total. The number of rotatable bonds is 5. The molecule has 0 aromatic heterocycles. The van der Waals surface area contributed by atoms with Crippen LogP contribution in [0.4, 0.5) is 10.1 Å². The molecule has 1 saturated heterocycles. The molecule has 5 nitrogen and oxygen atoms in total. The van der Waals surface area contributed by atoms with Gasteiger partial charge in [-0.1, -0.05) is 6.07 Å². The Morgan fingerprint density at radius 1 is 1.29 bits per heavy atom. The van der Waals surface area contributed by atoms with Crippen LogP contribution < -0.4 is 5.32 Å². The number of nitrogens with one attached hydrogen (secondary N) is 1. The minimum atomic E-state index is -0.400. The Morgan fingerprint density at radius 3 is 2.76 bits per heavy atom. The number of amides is 2. The molecule has 1 aliphatic heterocycles. The Hall–Kier alpha value is -1.60. The van der Waals surface area contributed by atoms with Crippen LogP contribution in [0.25, 0.3) is 0 Å². The lowest BCUT2D eigenvalue weighted by atomic mass is 10.3. The second-order valence-electron chi connectivity index (χ2n) is 4.54. The molecule has 2 amide bonds.